The lowest BCUT2D eigenvalue weighted by molar-refractivity contribution is 0.0997. The van der Waals surface area contributed by atoms with Gasteiger partial charge in [0.1, 0.15) is 0 Å². The molecule has 70 valence electrons. The van der Waals surface area contributed by atoms with Crippen LogP contribution in [0, 0.1) is 11.3 Å². The van der Waals surface area contributed by atoms with Gasteiger partial charge in [0, 0.05) is 6.42 Å². The van der Waals surface area contributed by atoms with Gasteiger partial charge in [0.2, 0.25) is 0 Å². The second kappa shape index (κ2) is 6.99. The highest BCUT2D eigenvalue weighted by Gasteiger charge is 2.06. The molecule has 0 saturated carbocycles. The summed E-state index contributed by atoms with van der Waals surface area (Å²) < 4.78 is 23.5. The van der Waals surface area contributed by atoms with E-state index in [0.717, 1.165) is 12.8 Å². The van der Waals surface area contributed by atoms with E-state index in [4.69, 9.17) is 5.26 Å². The maximum Gasteiger partial charge on any atom is 0.251 e. The van der Waals surface area contributed by atoms with Gasteiger partial charge in [-0.1, -0.05) is 0 Å². The predicted molar refractivity (Wildman–Crippen MR) is 43.0 cm³/mol. The zero-order valence-electron chi connectivity index (χ0n) is 7.26. The van der Waals surface area contributed by atoms with Crippen molar-refractivity contribution < 1.29 is 8.78 Å². The van der Waals surface area contributed by atoms with Crippen LogP contribution in [0.4, 0.5) is 8.78 Å². The second-order valence-electron chi connectivity index (χ2n) is 2.77. The molecule has 12 heavy (non-hydrogen) atoms. The lowest BCUT2D eigenvalue weighted by Crippen LogP contribution is -2.25. The summed E-state index contributed by atoms with van der Waals surface area (Å²) in [5, 5.41) is 8.19. The Kier molecular flexibility index (Phi) is 6.58. The Hall–Kier alpha value is -0.690. The maximum absolute atomic E-state index is 11.8. The van der Waals surface area contributed by atoms with E-state index < -0.39 is 6.43 Å². The van der Waals surface area contributed by atoms with Crippen molar-refractivity contribution in [3.8, 4) is 6.07 Å². The fourth-order valence-electron chi connectivity index (χ4n) is 0.913. The molecule has 0 atom stereocenters. The fourth-order valence-corrected chi connectivity index (χ4v) is 0.913. The lowest BCUT2D eigenvalue weighted by atomic mass is 10.2. The van der Waals surface area contributed by atoms with Crippen LogP contribution in [-0.4, -0.2) is 31.5 Å². The molecule has 0 aromatic heterocycles. The van der Waals surface area contributed by atoms with Crippen LogP contribution in [0.25, 0.3) is 0 Å². The summed E-state index contributed by atoms with van der Waals surface area (Å²) in [4.78, 5) is 1.59. The number of hydrogen-bond donors (Lipinski definition) is 0. The van der Waals surface area contributed by atoms with Crippen molar-refractivity contribution in [2.45, 2.75) is 25.7 Å². The summed E-state index contributed by atoms with van der Waals surface area (Å²) in [6, 6.07) is 2.02. The molecule has 0 heterocycles. The third-order valence-electron chi connectivity index (χ3n) is 1.53. The van der Waals surface area contributed by atoms with E-state index in [9.17, 15) is 8.78 Å². The van der Waals surface area contributed by atoms with Crippen LogP contribution in [0.3, 0.4) is 0 Å². The molecule has 0 unspecified atom stereocenters. The molecule has 0 rings (SSSR count). The number of unbranched alkanes of at least 4 members (excludes halogenated alkanes) is 2. The van der Waals surface area contributed by atoms with E-state index in [1.54, 1.807) is 11.9 Å². The maximum atomic E-state index is 11.8. The second-order valence-corrected chi connectivity index (χ2v) is 2.77. The van der Waals surface area contributed by atoms with E-state index in [-0.39, 0.29) is 6.54 Å². The van der Waals surface area contributed by atoms with Gasteiger partial charge in [-0.2, -0.15) is 5.26 Å². The van der Waals surface area contributed by atoms with Gasteiger partial charge in [-0.15, -0.1) is 0 Å². The predicted octanol–water partition coefficient (Wildman–Crippen LogP) is 1.88. The number of hydrogen-bond acceptors (Lipinski definition) is 2. The number of nitrogens with zero attached hydrogens (tertiary/aromatic N) is 2. The summed E-state index contributed by atoms with van der Waals surface area (Å²) >= 11 is 0. The van der Waals surface area contributed by atoms with E-state index in [1.165, 1.54) is 0 Å². The zero-order valence-corrected chi connectivity index (χ0v) is 7.26. The molecule has 0 radical (unpaired) electrons. The molecule has 0 aliphatic carbocycles. The van der Waals surface area contributed by atoms with Gasteiger partial charge in [-0.05, 0) is 26.4 Å². The molecule has 0 bridgehead atoms. The fraction of sp³-hybridized carbons (Fsp3) is 0.875. The third-order valence-corrected chi connectivity index (χ3v) is 1.53. The van der Waals surface area contributed by atoms with Crippen LogP contribution in [-0.2, 0) is 0 Å². The minimum atomic E-state index is -2.26. The first-order chi connectivity index (χ1) is 5.66. The summed E-state index contributed by atoms with van der Waals surface area (Å²) in [5.74, 6) is 0. The molecule has 2 nitrogen and oxygen atoms in total. The molecule has 4 heteroatoms. The van der Waals surface area contributed by atoms with Crippen molar-refractivity contribution in [3.05, 3.63) is 0 Å². The Balaban J connectivity index is 3.20. The Morgan fingerprint density at radius 1 is 1.42 bits per heavy atom. The standard InChI is InChI=1S/C8H14F2N2/c1-12(7-8(9)10)6-4-2-3-5-11/h8H,2-4,6-7H2,1H3. The molecular weight excluding hydrogens is 162 g/mol. The summed E-state index contributed by atoms with van der Waals surface area (Å²) in [5.41, 5.74) is 0. The normalized spacial score (nSPS) is 10.7. The van der Waals surface area contributed by atoms with Gasteiger partial charge < -0.3 is 4.90 Å². The first-order valence-electron chi connectivity index (χ1n) is 4.00. The van der Waals surface area contributed by atoms with Gasteiger partial charge in [-0.3, -0.25) is 0 Å². The van der Waals surface area contributed by atoms with Gasteiger partial charge in [0.15, 0.2) is 0 Å². The highest BCUT2D eigenvalue weighted by molar-refractivity contribution is 4.68. The van der Waals surface area contributed by atoms with E-state index >= 15 is 0 Å². The lowest BCUT2D eigenvalue weighted by Gasteiger charge is -2.14. The van der Waals surface area contributed by atoms with Gasteiger partial charge >= 0.3 is 0 Å². The van der Waals surface area contributed by atoms with Crippen molar-refractivity contribution in [3.63, 3.8) is 0 Å². The number of rotatable bonds is 6. The molecule has 0 aliphatic heterocycles. The SMILES string of the molecule is CN(CCCCC#N)CC(F)F. The average molecular weight is 176 g/mol. The van der Waals surface area contributed by atoms with Gasteiger partial charge in [0.05, 0.1) is 12.6 Å². The van der Waals surface area contributed by atoms with Crippen molar-refractivity contribution in [1.82, 2.24) is 4.90 Å². The molecule has 0 N–H and O–H groups in total. The molecule has 0 aromatic rings. The Morgan fingerprint density at radius 3 is 2.58 bits per heavy atom. The van der Waals surface area contributed by atoms with Gasteiger partial charge in [-0.25, -0.2) is 8.78 Å². The van der Waals surface area contributed by atoms with Crippen LogP contribution in [0.2, 0.25) is 0 Å². The third kappa shape index (κ3) is 7.42. The summed E-state index contributed by atoms with van der Waals surface area (Å²) in [6.07, 6.45) is -0.130. The summed E-state index contributed by atoms with van der Waals surface area (Å²) in [7, 11) is 1.67. The largest absolute Gasteiger partial charge is 0.301 e. The quantitative estimate of drug-likeness (QED) is 0.578. The molecule has 0 amide bonds. The molecule has 0 saturated heterocycles. The van der Waals surface area contributed by atoms with Crippen LogP contribution >= 0.6 is 0 Å². The van der Waals surface area contributed by atoms with Crippen molar-refractivity contribution >= 4 is 0 Å². The van der Waals surface area contributed by atoms with Crippen LogP contribution in [0.5, 0.6) is 0 Å². The average Bonchev–Trinajstić information content (AvgIpc) is 1.97. The Labute approximate surface area is 71.8 Å². The van der Waals surface area contributed by atoms with Gasteiger partial charge in [0.25, 0.3) is 6.43 Å². The minimum Gasteiger partial charge on any atom is -0.301 e. The van der Waals surface area contributed by atoms with Crippen LogP contribution in [0.15, 0.2) is 0 Å². The molecule has 0 aromatic carbocycles. The van der Waals surface area contributed by atoms with E-state index in [1.807, 2.05) is 6.07 Å². The Morgan fingerprint density at radius 2 is 2.08 bits per heavy atom. The van der Waals surface area contributed by atoms with E-state index in [2.05, 4.69) is 0 Å². The van der Waals surface area contributed by atoms with E-state index in [0.29, 0.717) is 13.0 Å². The topological polar surface area (TPSA) is 27.0 Å². The van der Waals surface area contributed by atoms with Crippen molar-refractivity contribution in [2.24, 2.45) is 0 Å². The number of halogens is 2. The van der Waals surface area contributed by atoms with Crippen molar-refractivity contribution in [2.75, 3.05) is 20.1 Å². The first-order valence-corrected chi connectivity index (χ1v) is 4.00. The van der Waals surface area contributed by atoms with Crippen molar-refractivity contribution in [1.29, 1.82) is 5.26 Å². The zero-order chi connectivity index (χ0) is 9.40. The highest BCUT2D eigenvalue weighted by atomic mass is 19.3. The molecule has 0 fully saturated rings. The number of alkyl halides is 2. The monoisotopic (exact) mass is 176 g/mol. The molecule has 0 spiro atoms. The van der Waals surface area contributed by atoms with Crippen LogP contribution in [0.1, 0.15) is 19.3 Å². The minimum absolute atomic E-state index is 0.174. The molecular formula is C8H14F2N2. The highest BCUT2D eigenvalue weighted by Crippen LogP contribution is 1.99. The summed E-state index contributed by atoms with van der Waals surface area (Å²) in [6.45, 7) is 0.471. The van der Waals surface area contributed by atoms with Crippen LogP contribution < -0.4 is 0 Å². The molecule has 0 aliphatic rings. The Bertz CT molecular complexity index is 142. The first kappa shape index (κ1) is 11.3. The number of nitriles is 1. The smallest absolute Gasteiger partial charge is 0.251 e.